The van der Waals surface area contributed by atoms with E-state index in [1.807, 2.05) is 18.2 Å². The number of rotatable bonds is 2. The molecule has 0 bridgehead atoms. The van der Waals surface area contributed by atoms with Gasteiger partial charge in [-0.3, -0.25) is 4.79 Å². The lowest BCUT2D eigenvalue weighted by molar-refractivity contribution is 0.102. The first-order valence-electron chi connectivity index (χ1n) is 6.26. The van der Waals surface area contributed by atoms with E-state index in [1.165, 1.54) is 6.07 Å². The Balaban J connectivity index is 1.87. The van der Waals surface area contributed by atoms with E-state index in [9.17, 15) is 13.6 Å². The first kappa shape index (κ1) is 13.2. The third-order valence-corrected chi connectivity index (χ3v) is 3.01. The van der Waals surface area contributed by atoms with Crippen LogP contribution in [-0.2, 0) is 0 Å². The Kier molecular flexibility index (Phi) is 3.31. The zero-order valence-electron chi connectivity index (χ0n) is 10.8. The molecule has 0 atom stereocenters. The molecule has 0 unspecified atom stereocenters. The van der Waals surface area contributed by atoms with Crippen molar-refractivity contribution in [2.45, 2.75) is 0 Å². The van der Waals surface area contributed by atoms with E-state index in [-0.39, 0.29) is 11.4 Å². The Morgan fingerprint density at radius 3 is 2.57 bits per heavy atom. The second-order valence-corrected chi connectivity index (χ2v) is 4.47. The summed E-state index contributed by atoms with van der Waals surface area (Å²) in [6.07, 6.45) is 0. The number of hydrogen-bond acceptors (Lipinski definition) is 2. The first-order valence-corrected chi connectivity index (χ1v) is 6.26. The number of nitrogens with one attached hydrogen (secondary N) is 1. The van der Waals surface area contributed by atoms with E-state index in [0.717, 1.165) is 17.5 Å². The molecule has 1 aromatic heterocycles. The molecule has 0 aliphatic rings. The minimum Gasteiger partial charge on any atom is -0.321 e. The average Bonchev–Trinajstić information content (AvgIpc) is 2.50. The van der Waals surface area contributed by atoms with Gasteiger partial charge in [-0.25, -0.2) is 13.8 Å². The Bertz CT molecular complexity index is 833. The van der Waals surface area contributed by atoms with Crippen LogP contribution in [0.15, 0.2) is 54.6 Å². The fourth-order valence-corrected chi connectivity index (χ4v) is 1.96. The van der Waals surface area contributed by atoms with Crippen molar-refractivity contribution in [2.24, 2.45) is 0 Å². The molecule has 3 aromatic rings. The standard InChI is InChI=1S/C16H10F2N2O/c17-12-7-6-11(9-13(12)18)19-16(21)15-8-5-10-3-1-2-4-14(10)20-15/h1-9H,(H,19,21). The van der Waals surface area contributed by atoms with Crippen LogP contribution in [0.4, 0.5) is 14.5 Å². The van der Waals surface area contributed by atoms with Gasteiger partial charge in [-0.1, -0.05) is 24.3 Å². The first-order chi connectivity index (χ1) is 10.1. The summed E-state index contributed by atoms with van der Waals surface area (Å²) in [7, 11) is 0. The molecule has 0 fully saturated rings. The van der Waals surface area contributed by atoms with Gasteiger partial charge in [0.2, 0.25) is 0 Å². The number of pyridine rings is 1. The zero-order chi connectivity index (χ0) is 14.8. The highest BCUT2D eigenvalue weighted by Gasteiger charge is 2.10. The van der Waals surface area contributed by atoms with Gasteiger partial charge in [0.1, 0.15) is 5.69 Å². The van der Waals surface area contributed by atoms with Gasteiger partial charge in [0.05, 0.1) is 5.52 Å². The third-order valence-electron chi connectivity index (χ3n) is 3.01. The number of anilines is 1. The predicted molar refractivity (Wildman–Crippen MR) is 76.1 cm³/mol. The Morgan fingerprint density at radius 2 is 1.76 bits per heavy atom. The number of nitrogens with zero attached hydrogens (tertiary/aromatic N) is 1. The number of para-hydroxylation sites is 1. The van der Waals surface area contributed by atoms with Gasteiger partial charge >= 0.3 is 0 Å². The van der Waals surface area contributed by atoms with E-state index in [1.54, 1.807) is 18.2 Å². The molecule has 0 aliphatic heterocycles. The maximum absolute atomic E-state index is 13.1. The summed E-state index contributed by atoms with van der Waals surface area (Å²) in [4.78, 5) is 16.3. The molecule has 3 nitrogen and oxygen atoms in total. The van der Waals surface area contributed by atoms with Crippen molar-refractivity contribution in [3.05, 3.63) is 71.9 Å². The van der Waals surface area contributed by atoms with Crippen LogP contribution in [0.5, 0.6) is 0 Å². The van der Waals surface area contributed by atoms with Crippen molar-refractivity contribution in [1.82, 2.24) is 4.98 Å². The van der Waals surface area contributed by atoms with Crippen molar-refractivity contribution in [2.75, 3.05) is 5.32 Å². The van der Waals surface area contributed by atoms with Gasteiger partial charge < -0.3 is 5.32 Å². The molecule has 0 spiro atoms. The highest BCUT2D eigenvalue weighted by Crippen LogP contribution is 2.15. The maximum atomic E-state index is 13.1. The van der Waals surface area contributed by atoms with Crippen molar-refractivity contribution in [3.63, 3.8) is 0 Å². The van der Waals surface area contributed by atoms with Gasteiger partial charge in [0.25, 0.3) is 5.91 Å². The smallest absolute Gasteiger partial charge is 0.274 e. The number of carbonyl (C=O) groups excluding carboxylic acids is 1. The maximum Gasteiger partial charge on any atom is 0.274 e. The lowest BCUT2D eigenvalue weighted by Gasteiger charge is -2.06. The highest BCUT2D eigenvalue weighted by atomic mass is 19.2. The van der Waals surface area contributed by atoms with E-state index in [4.69, 9.17) is 0 Å². The van der Waals surface area contributed by atoms with E-state index in [2.05, 4.69) is 10.3 Å². The van der Waals surface area contributed by atoms with Crippen molar-refractivity contribution in [1.29, 1.82) is 0 Å². The molecule has 1 N–H and O–H groups in total. The van der Waals surface area contributed by atoms with Crippen LogP contribution in [-0.4, -0.2) is 10.9 Å². The number of aromatic nitrogens is 1. The van der Waals surface area contributed by atoms with Crippen molar-refractivity contribution < 1.29 is 13.6 Å². The van der Waals surface area contributed by atoms with Gasteiger partial charge in [0, 0.05) is 17.1 Å². The van der Waals surface area contributed by atoms with Gasteiger partial charge in [-0.2, -0.15) is 0 Å². The number of fused-ring (bicyclic) bond motifs is 1. The topological polar surface area (TPSA) is 42.0 Å². The van der Waals surface area contributed by atoms with Crippen LogP contribution < -0.4 is 5.32 Å². The SMILES string of the molecule is O=C(Nc1ccc(F)c(F)c1)c1ccc2ccccc2n1. The van der Waals surface area contributed by atoms with Gasteiger partial charge in [-0.05, 0) is 24.3 Å². The van der Waals surface area contributed by atoms with E-state index >= 15 is 0 Å². The molecule has 3 rings (SSSR count). The molecule has 1 heterocycles. The van der Waals surface area contributed by atoms with Crippen molar-refractivity contribution >= 4 is 22.5 Å². The zero-order valence-corrected chi connectivity index (χ0v) is 10.8. The summed E-state index contributed by atoms with van der Waals surface area (Å²) < 4.78 is 25.9. The van der Waals surface area contributed by atoms with Crippen LogP contribution in [0.25, 0.3) is 10.9 Å². The van der Waals surface area contributed by atoms with Gasteiger partial charge in [0.15, 0.2) is 11.6 Å². The second-order valence-electron chi connectivity index (χ2n) is 4.47. The number of carbonyl (C=O) groups is 1. The summed E-state index contributed by atoms with van der Waals surface area (Å²) in [6.45, 7) is 0. The summed E-state index contributed by atoms with van der Waals surface area (Å²) in [5.74, 6) is -2.46. The molecule has 0 saturated carbocycles. The number of benzene rings is 2. The van der Waals surface area contributed by atoms with Crippen LogP contribution in [0.2, 0.25) is 0 Å². The quantitative estimate of drug-likeness (QED) is 0.778. The molecule has 21 heavy (non-hydrogen) atoms. The lowest BCUT2D eigenvalue weighted by atomic mass is 10.2. The monoisotopic (exact) mass is 284 g/mol. The van der Waals surface area contributed by atoms with Gasteiger partial charge in [-0.15, -0.1) is 0 Å². The molecule has 2 aromatic carbocycles. The Labute approximate surface area is 119 Å². The normalized spacial score (nSPS) is 10.6. The van der Waals surface area contributed by atoms with Crippen LogP contribution in [0, 0.1) is 11.6 Å². The third kappa shape index (κ3) is 2.72. The number of halogens is 2. The fourth-order valence-electron chi connectivity index (χ4n) is 1.96. The minimum absolute atomic E-state index is 0.175. The molecule has 104 valence electrons. The molecular weight excluding hydrogens is 274 g/mol. The second kappa shape index (κ2) is 5.28. The van der Waals surface area contributed by atoms with E-state index < -0.39 is 17.5 Å². The molecule has 1 amide bonds. The largest absolute Gasteiger partial charge is 0.321 e. The minimum atomic E-state index is -1.01. The van der Waals surface area contributed by atoms with E-state index in [0.29, 0.717) is 5.52 Å². The Hall–Kier alpha value is -2.82. The average molecular weight is 284 g/mol. The van der Waals surface area contributed by atoms with Crippen LogP contribution >= 0.6 is 0 Å². The Morgan fingerprint density at radius 1 is 0.952 bits per heavy atom. The lowest BCUT2D eigenvalue weighted by Crippen LogP contribution is -2.13. The fraction of sp³-hybridized carbons (Fsp3) is 0. The predicted octanol–water partition coefficient (Wildman–Crippen LogP) is 3.77. The summed E-state index contributed by atoms with van der Waals surface area (Å²) >= 11 is 0. The van der Waals surface area contributed by atoms with Crippen molar-refractivity contribution in [3.8, 4) is 0 Å². The molecule has 0 saturated heterocycles. The number of hydrogen-bond donors (Lipinski definition) is 1. The molecule has 0 aliphatic carbocycles. The molecule has 5 heteroatoms. The molecular formula is C16H10F2N2O. The summed E-state index contributed by atoms with van der Waals surface area (Å²) in [6, 6.07) is 13.9. The summed E-state index contributed by atoms with van der Waals surface area (Å²) in [5.41, 5.74) is 1.07. The molecule has 0 radical (unpaired) electrons. The van der Waals surface area contributed by atoms with Crippen LogP contribution in [0.3, 0.4) is 0 Å². The van der Waals surface area contributed by atoms with Crippen LogP contribution in [0.1, 0.15) is 10.5 Å². The number of amides is 1. The highest BCUT2D eigenvalue weighted by molar-refractivity contribution is 6.04. The summed E-state index contributed by atoms with van der Waals surface area (Å²) in [5, 5.41) is 3.40.